The lowest BCUT2D eigenvalue weighted by atomic mass is 10.2. The van der Waals surface area contributed by atoms with Crippen LogP contribution in [-0.4, -0.2) is 21.8 Å². The molecule has 0 spiro atoms. The topological polar surface area (TPSA) is 67.3 Å². The number of carbonyl (C=O) groups is 2. The molecule has 4 nitrogen and oxygen atoms in total. The van der Waals surface area contributed by atoms with Crippen molar-refractivity contribution in [3.05, 3.63) is 29.0 Å². The average molecular weight is 200 g/mol. The zero-order valence-electron chi connectivity index (χ0n) is 6.53. The van der Waals surface area contributed by atoms with E-state index in [1.807, 2.05) is 0 Å². The maximum Gasteiger partial charge on any atom is 0.372 e. The summed E-state index contributed by atoms with van der Waals surface area (Å²) in [6.07, 6.45) is -0.226. The Hall–Kier alpha value is -1.42. The van der Waals surface area contributed by atoms with Gasteiger partial charge in [0, 0.05) is 0 Å². The number of carboxylic acids is 1. The third-order valence-corrected chi connectivity index (χ3v) is 1.56. The zero-order chi connectivity index (χ0) is 9.84. The molecule has 1 aromatic rings. The number of aliphatic carboxylic acids is 1. The molecule has 0 aliphatic carbocycles. The van der Waals surface area contributed by atoms with E-state index in [1.165, 1.54) is 0 Å². The van der Waals surface area contributed by atoms with Gasteiger partial charge in [-0.15, -0.1) is 0 Å². The van der Waals surface area contributed by atoms with Crippen LogP contribution in [0.4, 0.5) is 0 Å². The van der Waals surface area contributed by atoms with Gasteiger partial charge in [0.1, 0.15) is 5.15 Å². The van der Waals surface area contributed by atoms with Crippen molar-refractivity contribution >= 4 is 23.4 Å². The van der Waals surface area contributed by atoms with Crippen molar-refractivity contribution in [2.45, 2.75) is 6.42 Å². The Balaban J connectivity index is 2.75. The van der Waals surface area contributed by atoms with Crippen LogP contribution in [0.25, 0.3) is 0 Å². The lowest BCUT2D eigenvalue weighted by molar-refractivity contribution is -0.148. The molecule has 0 aliphatic rings. The molecular formula is C8H6ClNO3. The minimum atomic E-state index is -1.46. The molecule has 0 amide bonds. The van der Waals surface area contributed by atoms with Gasteiger partial charge in [-0.05, 0) is 12.1 Å². The molecule has 0 radical (unpaired) electrons. The smallest absolute Gasteiger partial charge is 0.372 e. The van der Waals surface area contributed by atoms with E-state index >= 15 is 0 Å². The van der Waals surface area contributed by atoms with E-state index in [0.717, 1.165) is 0 Å². The van der Waals surface area contributed by atoms with Crippen molar-refractivity contribution in [2.24, 2.45) is 0 Å². The van der Waals surface area contributed by atoms with Gasteiger partial charge in [-0.1, -0.05) is 17.7 Å². The minimum absolute atomic E-state index is 0.226. The summed E-state index contributed by atoms with van der Waals surface area (Å²) in [4.78, 5) is 24.7. The molecule has 1 heterocycles. The van der Waals surface area contributed by atoms with Gasteiger partial charge in [0.15, 0.2) is 0 Å². The largest absolute Gasteiger partial charge is 0.475 e. The molecule has 0 atom stereocenters. The highest BCUT2D eigenvalue weighted by Crippen LogP contribution is 2.05. The van der Waals surface area contributed by atoms with Crippen molar-refractivity contribution in [2.75, 3.05) is 0 Å². The molecule has 1 aromatic heterocycles. The van der Waals surface area contributed by atoms with Crippen molar-refractivity contribution < 1.29 is 14.7 Å². The highest BCUT2D eigenvalue weighted by atomic mass is 35.5. The standard InChI is InChI=1S/C8H6ClNO3/c9-7-3-1-2-5(10-7)4-6(11)8(12)13/h1-3H,4H2,(H,12,13). The second-order valence-electron chi connectivity index (χ2n) is 2.36. The number of carboxylic acid groups (broad SMARTS) is 1. The van der Waals surface area contributed by atoms with Crippen LogP contribution in [0.3, 0.4) is 0 Å². The molecule has 0 aromatic carbocycles. The van der Waals surface area contributed by atoms with Crippen molar-refractivity contribution in [3.8, 4) is 0 Å². The number of hydrogen-bond acceptors (Lipinski definition) is 3. The normalized spacial score (nSPS) is 9.62. The fraction of sp³-hybridized carbons (Fsp3) is 0.125. The molecule has 0 bridgehead atoms. The van der Waals surface area contributed by atoms with Crippen LogP contribution in [0.2, 0.25) is 5.15 Å². The van der Waals surface area contributed by atoms with E-state index in [1.54, 1.807) is 18.2 Å². The van der Waals surface area contributed by atoms with Crippen LogP contribution in [0, 0.1) is 0 Å². The van der Waals surface area contributed by atoms with E-state index in [2.05, 4.69) is 4.98 Å². The van der Waals surface area contributed by atoms with Crippen molar-refractivity contribution in [3.63, 3.8) is 0 Å². The Kier molecular flexibility index (Phi) is 2.97. The van der Waals surface area contributed by atoms with Gasteiger partial charge in [-0.3, -0.25) is 4.79 Å². The number of Topliss-reactive ketones (excluding diaryl/α,β-unsaturated/α-hetero) is 1. The number of pyridine rings is 1. The highest BCUT2D eigenvalue weighted by Gasteiger charge is 2.12. The Labute approximate surface area is 79.2 Å². The van der Waals surface area contributed by atoms with Crippen LogP contribution in [0.15, 0.2) is 18.2 Å². The monoisotopic (exact) mass is 199 g/mol. The van der Waals surface area contributed by atoms with Crippen molar-refractivity contribution in [1.82, 2.24) is 4.98 Å². The van der Waals surface area contributed by atoms with Gasteiger partial charge in [0.05, 0.1) is 12.1 Å². The van der Waals surface area contributed by atoms with E-state index < -0.39 is 11.8 Å². The summed E-state index contributed by atoms with van der Waals surface area (Å²) >= 11 is 5.54. The molecule has 0 saturated carbocycles. The van der Waals surface area contributed by atoms with Gasteiger partial charge in [-0.2, -0.15) is 0 Å². The maximum absolute atomic E-state index is 10.7. The van der Waals surface area contributed by atoms with Gasteiger partial charge < -0.3 is 5.11 Å². The molecular weight excluding hydrogens is 194 g/mol. The molecule has 13 heavy (non-hydrogen) atoms. The fourth-order valence-electron chi connectivity index (χ4n) is 0.789. The first kappa shape index (κ1) is 9.67. The molecule has 0 fully saturated rings. The maximum atomic E-state index is 10.7. The summed E-state index contributed by atoms with van der Waals surface area (Å²) in [7, 11) is 0. The lowest BCUT2D eigenvalue weighted by Crippen LogP contribution is -2.15. The first-order chi connectivity index (χ1) is 6.09. The Bertz CT molecular complexity index is 351. The van der Waals surface area contributed by atoms with Gasteiger partial charge in [-0.25, -0.2) is 9.78 Å². The summed E-state index contributed by atoms with van der Waals surface area (Å²) in [6, 6.07) is 4.71. The number of halogens is 1. The van der Waals surface area contributed by atoms with E-state index in [-0.39, 0.29) is 11.6 Å². The van der Waals surface area contributed by atoms with Crippen LogP contribution < -0.4 is 0 Å². The summed E-state index contributed by atoms with van der Waals surface area (Å²) in [5.41, 5.74) is 0.361. The number of hydrogen-bond donors (Lipinski definition) is 1. The summed E-state index contributed by atoms with van der Waals surface area (Å²) in [6.45, 7) is 0. The SMILES string of the molecule is O=C(O)C(=O)Cc1cccc(Cl)n1. The molecule has 1 rings (SSSR count). The predicted molar refractivity (Wildman–Crippen MR) is 45.6 cm³/mol. The summed E-state index contributed by atoms with van der Waals surface area (Å²) in [5, 5.41) is 8.55. The van der Waals surface area contributed by atoms with E-state index in [4.69, 9.17) is 16.7 Å². The second-order valence-corrected chi connectivity index (χ2v) is 2.74. The number of carbonyl (C=O) groups excluding carboxylic acids is 1. The number of nitrogens with zero attached hydrogens (tertiary/aromatic N) is 1. The molecule has 0 aliphatic heterocycles. The molecule has 0 saturated heterocycles. The first-order valence-corrected chi connectivity index (χ1v) is 3.85. The first-order valence-electron chi connectivity index (χ1n) is 3.47. The fourth-order valence-corrected chi connectivity index (χ4v) is 0.970. The second kappa shape index (κ2) is 4.00. The van der Waals surface area contributed by atoms with Crippen molar-refractivity contribution in [1.29, 1.82) is 0 Å². The molecule has 68 valence electrons. The predicted octanol–water partition coefficient (Wildman–Crippen LogP) is 0.931. The molecule has 5 heteroatoms. The quantitative estimate of drug-likeness (QED) is 0.581. The highest BCUT2D eigenvalue weighted by molar-refractivity contribution is 6.33. The van der Waals surface area contributed by atoms with Gasteiger partial charge in [0.25, 0.3) is 0 Å². The zero-order valence-corrected chi connectivity index (χ0v) is 7.28. The number of ketones is 1. The number of aromatic nitrogens is 1. The van der Waals surface area contributed by atoms with Gasteiger partial charge >= 0.3 is 5.97 Å². The van der Waals surface area contributed by atoms with E-state index in [0.29, 0.717) is 5.69 Å². The van der Waals surface area contributed by atoms with Crippen LogP contribution >= 0.6 is 11.6 Å². The molecule has 1 N–H and O–H groups in total. The summed E-state index contributed by atoms with van der Waals surface area (Å²) < 4.78 is 0. The average Bonchev–Trinajstić information content (AvgIpc) is 2.04. The van der Waals surface area contributed by atoms with Crippen LogP contribution in [0.5, 0.6) is 0 Å². The minimum Gasteiger partial charge on any atom is -0.475 e. The molecule has 0 unspecified atom stereocenters. The van der Waals surface area contributed by atoms with Gasteiger partial charge in [0.2, 0.25) is 5.78 Å². The van der Waals surface area contributed by atoms with Crippen LogP contribution in [0.1, 0.15) is 5.69 Å². The van der Waals surface area contributed by atoms with Crippen LogP contribution in [-0.2, 0) is 16.0 Å². The third kappa shape index (κ3) is 2.83. The number of rotatable bonds is 3. The summed E-state index contributed by atoms with van der Waals surface area (Å²) in [5.74, 6) is -2.35. The van der Waals surface area contributed by atoms with E-state index in [9.17, 15) is 9.59 Å². The Morgan fingerprint density at radius 1 is 1.46 bits per heavy atom. The Morgan fingerprint density at radius 2 is 2.15 bits per heavy atom. The Morgan fingerprint density at radius 3 is 2.69 bits per heavy atom. The third-order valence-electron chi connectivity index (χ3n) is 1.35. The lowest BCUT2D eigenvalue weighted by Gasteiger charge is -1.96.